The lowest BCUT2D eigenvalue weighted by Gasteiger charge is -2.17. The molecule has 0 atom stereocenters. The highest BCUT2D eigenvalue weighted by Crippen LogP contribution is 2.36. The van der Waals surface area contributed by atoms with Gasteiger partial charge in [-0.2, -0.15) is 0 Å². The average Bonchev–Trinajstić information content (AvgIpc) is 3.27. The zero-order valence-corrected chi connectivity index (χ0v) is 22.7. The minimum absolute atomic E-state index is 0.660. The van der Waals surface area contributed by atoms with Gasteiger partial charge in [-0.25, -0.2) is 9.97 Å². The predicted molar refractivity (Wildman–Crippen MR) is 149 cm³/mol. The minimum Gasteiger partial charge on any atom is -0.236 e. The van der Waals surface area contributed by atoms with Gasteiger partial charge in [-0.1, -0.05) is 122 Å². The molecule has 2 nitrogen and oxygen atoms in total. The molecule has 4 rings (SSSR count). The molecule has 0 saturated heterocycles. The summed E-state index contributed by atoms with van der Waals surface area (Å²) in [5.41, 5.74) is 2.51. The van der Waals surface area contributed by atoms with Crippen LogP contribution in [0.25, 0.3) is 10.3 Å². The molecule has 2 saturated carbocycles. The number of thiazole rings is 1. The summed E-state index contributed by atoms with van der Waals surface area (Å²) in [5.74, 6) is 1.36. The summed E-state index contributed by atoms with van der Waals surface area (Å²) in [6, 6.07) is 2.49. The third-order valence-electron chi connectivity index (χ3n) is 8.57. The van der Waals surface area contributed by atoms with Gasteiger partial charge in [0.05, 0.1) is 9.71 Å². The molecule has 2 aliphatic rings. The van der Waals surface area contributed by atoms with E-state index in [9.17, 15) is 0 Å². The van der Waals surface area contributed by atoms with E-state index in [2.05, 4.69) is 12.3 Å². The number of nitrogens with zero attached hydrogens (tertiary/aromatic N) is 2. The number of hydrogen-bond donors (Lipinski definition) is 0. The van der Waals surface area contributed by atoms with Crippen LogP contribution in [0, 0.1) is 0 Å². The SMILES string of the molecule is c1nc2nc(C3CCCCCCCCCCC3)sc2cc1C1CCCCCCCCCCCC1. The van der Waals surface area contributed by atoms with E-state index in [4.69, 9.17) is 9.97 Å². The van der Waals surface area contributed by atoms with Crippen molar-refractivity contribution >= 4 is 21.7 Å². The van der Waals surface area contributed by atoms with Crippen LogP contribution in [-0.2, 0) is 0 Å². The van der Waals surface area contributed by atoms with Gasteiger partial charge < -0.3 is 0 Å². The van der Waals surface area contributed by atoms with Crippen LogP contribution >= 0.6 is 11.3 Å². The molecular formula is C31H50N2S. The number of rotatable bonds is 2. The van der Waals surface area contributed by atoms with Crippen molar-refractivity contribution in [2.45, 2.75) is 160 Å². The fourth-order valence-corrected chi connectivity index (χ4v) is 7.48. The lowest BCUT2D eigenvalue weighted by molar-refractivity contribution is 0.466. The lowest BCUT2D eigenvalue weighted by Crippen LogP contribution is -2.01. The maximum atomic E-state index is 5.09. The molecule has 34 heavy (non-hydrogen) atoms. The second kappa shape index (κ2) is 15.2. The molecule has 0 spiro atoms. The first kappa shape index (κ1) is 26.1. The summed E-state index contributed by atoms with van der Waals surface area (Å²) in [7, 11) is 0. The maximum Gasteiger partial charge on any atom is 0.170 e. The zero-order valence-electron chi connectivity index (χ0n) is 21.9. The van der Waals surface area contributed by atoms with Crippen LogP contribution in [0.4, 0.5) is 0 Å². The molecule has 0 aliphatic heterocycles. The molecule has 0 bridgehead atoms. The van der Waals surface area contributed by atoms with E-state index in [-0.39, 0.29) is 0 Å². The van der Waals surface area contributed by atoms with Crippen molar-refractivity contribution in [1.82, 2.24) is 9.97 Å². The molecule has 0 N–H and O–H groups in total. The third-order valence-corrected chi connectivity index (χ3v) is 9.72. The van der Waals surface area contributed by atoms with Crippen molar-refractivity contribution in [1.29, 1.82) is 0 Å². The van der Waals surface area contributed by atoms with E-state index in [1.165, 1.54) is 163 Å². The van der Waals surface area contributed by atoms with Gasteiger partial charge in [0.25, 0.3) is 0 Å². The Morgan fingerprint density at radius 3 is 1.41 bits per heavy atom. The van der Waals surface area contributed by atoms with Crippen LogP contribution in [0.15, 0.2) is 12.3 Å². The third kappa shape index (κ3) is 8.61. The Morgan fingerprint density at radius 2 is 0.941 bits per heavy atom. The van der Waals surface area contributed by atoms with Gasteiger partial charge >= 0.3 is 0 Å². The Balaban J connectivity index is 1.43. The van der Waals surface area contributed by atoms with Gasteiger partial charge in [-0.15, -0.1) is 11.3 Å². The van der Waals surface area contributed by atoms with Crippen LogP contribution in [-0.4, -0.2) is 9.97 Å². The van der Waals surface area contributed by atoms with Gasteiger partial charge in [-0.3, -0.25) is 0 Å². The van der Waals surface area contributed by atoms with Crippen molar-refractivity contribution in [2.75, 3.05) is 0 Å². The fraction of sp³-hybridized carbons (Fsp3) is 0.806. The Hall–Kier alpha value is -0.960. The van der Waals surface area contributed by atoms with Crippen LogP contribution in [0.3, 0.4) is 0 Å². The molecule has 2 fully saturated rings. The molecular weight excluding hydrogens is 432 g/mol. The highest BCUT2D eigenvalue weighted by atomic mass is 32.1. The number of hydrogen-bond acceptors (Lipinski definition) is 3. The first-order valence-corrected chi connectivity index (χ1v) is 16.0. The number of pyridine rings is 1. The largest absolute Gasteiger partial charge is 0.236 e. The molecule has 2 heterocycles. The van der Waals surface area contributed by atoms with Crippen molar-refractivity contribution in [3.8, 4) is 0 Å². The van der Waals surface area contributed by atoms with E-state index < -0.39 is 0 Å². The second-order valence-electron chi connectivity index (χ2n) is 11.4. The van der Waals surface area contributed by atoms with Crippen LogP contribution in [0.2, 0.25) is 0 Å². The number of aromatic nitrogens is 2. The standard InChI is InChI=1S/C31H50N2S/c1-2-5-9-13-17-21-26(20-16-12-8-4-1)28-24-29-30(32-25-28)33-31(34-29)27-22-18-14-10-6-3-7-11-15-19-23-27/h24-27H,1-23H2. The van der Waals surface area contributed by atoms with E-state index >= 15 is 0 Å². The Kier molecular flexibility index (Phi) is 11.7. The average molecular weight is 483 g/mol. The Bertz CT molecular complexity index is 787. The minimum atomic E-state index is 0.660. The smallest absolute Gasteiger partial charge is 0.170 e. The van der Waals surface area contributed by atoms with E-state index in [0.717, 1.165) is 5.65 Å². The quantitative estimate of drug-likeness (QED) is 0.425. The molecule has 2 aromatic rings. The van der Waals surface area contributed by atoms with Gasteiger partial charge in [-0.05, 0) is 43.2 Å². The summed E-state index contributed by atoms with van der Waals surface area (Å²) in [6.07, 6.45) is 34.6. The summed E-state index contributed by atoms with van der Waals surface area (Å²) >= 11 is 1.97. The highest BCUT2D eigenvalue weighted by Gasteiger charge is 2.19. The summed E-state index contributed by atoms with van der Waals surface area (Å²) in [4.78, 5) is 10.0. The zero-order chi connectivity index (χ0) is 23.3. The summed E-state index contributed by atoms with van der Waals surface area (Å²) in [6.45, 7) is 0. The van der Waals surface area contributed by atoms with Crippen LogP contribution in [0.5, 0.6) is 0 Å². The van der Waals surface area contributed by atoms with E-state index in [1.54, 1.807) is 0 Å². The maximum absolute atomic E-state index is 5.09. The van der Waals surface area contributed by atoms with Crippen LogP contribution < -0.4 is 0 Å². The van der Waals surface area contributed by atoms with Crippen molar-refractivity contribution < 1.29 is 0 Å². The Morgan fingerprint density at radius 1 is 0.529 bits per heavy atom. The lowest BCUT2D eigenvalue weighted by atomic mass is 9.89. The molecule has 0 unspecified atom stereocenters. The summed E-state index contributed by atoms with van der Waals surface area (Å²) in [5, 5.41) is 1.38. The fourth-order valence-electron chi connectivity index (χ4n) is 6.33. The molecule has 3 heteroatoms. The van der Waals surface area contributed by atoms with Crippen molar-refractivity contribution in [3.63, 3.8) is 0 Å². The monoisotopic (exact) mass is 482 g/mol. The molecule has 0 aromatic carbocycles. The van der Waals surface area contributed by atoms with Gasteiger partial charge in [0, 0.05) is 12.1 Å². The van der Waals surface area contributed by atoms with Gasteiger partial charge in [0.15, 0.2) is 5.65 Å². The second-order valence-corrected chi connectivity index (χ2v) is 12.5. The molecule has 190 valence electrons. The molecule has 0 amide bonds. The summed E-state index contributed by atoms with van der Waals surface area (Å²) < 4.78 is 1.35. The topological polar surface area (TPSA) is 25.8 Å². The van der Waals surface area contributed by atoms with Crippen LogP contribution in [0.1, 0.15) is 170 Å². The molecule has 2 aliphatic carbocycles. The molecule has 0 radical (unpaired) electrons. The first-order valence-electron chi connectivity index (χ1n) is 15.2. The van der Waals surface area contributed by atoms with Crippen molar-refractivity contribution in [3.05, 3.63) is 22.8 Å². The Labute approximate surface area is 213 Å². The van der Waals surface area contributed by atoms with E-state index in [0.29, 0.717) is 11.8 Å². The number of fused-ring (bicyclic) bond motifs is 1. The molecule has 2 aromatic heterocycles. The predicted octanol–water partition coefficient (Wildman–Crippen LogP) is 10.9. The van der Waals surface area contributed by atoms with Gasteiger partial charge in [0.2, 0.25) is 0 Å². The van der Waals surface area contributed by atoms with Crippen molar-refractivity contribution in [2.24, 2.45) is 0 Å². The van der Waals surface area contributed by atoms with E-state index in [1.807, 2.05) is 11.3 Å². The first-order chi connectivity index (χ1) is 16.9. The normalized spacial score (nSPS) is 22.7. The van der Waals surface area contributed by atoms with Gasteiger partial charge in [0.1, 0.15) is 0 Å². The highest BCUT2D eigenvalue weighted by molar-refractivity contribution is 7.18.